The Labute approximate surface area is 187 Å². The Morgan fingerprint density at radius 2 is 1.69 bits per heavy atom. The number of amides is 1. The second kappa shape index (κ2) is 9.56. The van der Waals surface area contributed by atoms with Crippen molar-refractivity contribution in [2.75, 3.05) is 26.1 Å². The van der Waals surface area contributed by atoms with Crippen LogP contribution in [0.25, 0.3) is 10.9 Å². The molecule has 0 aliphatic carbocycles. The maximum atomic E-state index is 12.6. The summed E-state index contributed by atoms with van der Waals surface area (Å²) in [6.45, 7) is 2.70. The molecule has 1 N–H and O–H groups in total. The summed E-state index contributed by atoms with van der Waals surface area (Å²) in [5, 5.41) is 3.21. The third-order valence-electron chi connectivity index (χ3n) is 4.56. The number of para-hydroxylation sites is 1. The molecule has 0 aliphatic rings. The van der Waals surface area contributed by atoms with Crippen LogP contribution >= 0.6 is 11.3 Å². The van der Waals surface area contributed by atoms with E-state index in [1.54, 1.807) is 38.1 Å². The van der Waals surface area contributed by atoms with Gasteiger partial charge < -0.3 is 19.5 Å². The number of aryl methyl sites for hydroxylation is 1. The number of esters is 3. The summed E-state index contributed by atoms with van der Waals surface area (Å²) < 4.78 is 14.6. The van der Waals surface area contributed by atoms with Crippen LogP contribution in [0.2, 0.25) is 0 Å². The summed E-state index contributed by atoms with van der Waals surface area (Å²) >= 11 is 0.869. The first kappa shape index (κ1) is 22.9. The van der Waals surface area contributed by atoms with E-state index in [2.05, 4.69) is 10.3 Å². The van der Waals surface area contributed by atoms with Crippen molar-refractivity contribution in [2.45, 2.75) is 13.8 Å². The van der Waals surface area contributed by atoms with Crippen molar-refractivity contribution in [3.63, 3.8) is 0 Å². The molecule has 10 heteroatoms. The van der Waals surface area contributed by atoms with Gasteiger partial charge in [0.2, 0.25) is 0 Å². The molecule has 32 heavy (non-hydrogen) atoms. The number of rotatable bonds is 6. The molecule has 3 rings (SSSR count). The summed E-state index contributed by atoms with van der Waals surface area (Å²) in [6.07, 6.45) is 0. The van der Waals surface area contributed by atoms with Crippen molar-refractivity contribution < 1.29 is 33.4 Å². The lowest BCUT2D eigenvalue weighted by atomic mass is 10.1. The van der Waals surface area contributed by atoms with Gasteiger partial charge in [0.1, 0.15) is 9.88 Å². The fourth-order valence-corrected chi connectivity index (χ4v) is 4.21. The Bertz CT molecular complexity index is 1230. The number of fused-ring (bicyclic) bond motifs is 1. The molecule has 0 aliphatic heterocycles. The number of nitrogens with one attached hydrogen (secondary N) is 1. The SMILES string of the molecule is COC(=O)c1sc(NC(=O)COC(=O)c2cc(C)nc3ccccc23)c(C(=O)OC)c1C. The number of methoxy groups -OCH3 is 2. The summed E-state index contributed by atoms with van der Waals surface area (Å²) in [5.74, 6) is -2.74. The number of thiophene rings is 1. The number of hydrogen-bond donors (Lipinski definition) is 1. The molecule has 0 fully saturated rings. The van der Waals surface area contributed by atoms with Crippen molar-refractivity contribution >= 4 is 51.1 Å². The van der Waals surface area contributed by atoms with E-state index in [1.807, 2.05) is 6.07 Å². The van der Waals surface area contributed by atoms with Crippen LogP contribution in [-0.2, 0) is 19.0 Å². The molecule has 0 saturated heterocycles. The first-order valence-corrected chi connectivity index (χ1v) is 10.2. The van der Waals surface area contributed by atoms with Crippen molar-refractivity contribution in [1.29, 1.82) is 0 Å². The van der Waals surface area contributed by atoms with Gasteiger partial charge in [-0.1, -0.05) is 18.2 Å². The highest BCUT2D eigenvalue weighted by atomic mass is 32.1. The molecule has 2 aromatic heterocycles. The number of aromatic nitrogens is 1. The fraction of sp³-hybridized carbons (Fsp3) is 0.227. The van der Waals surface area contributed by atoms with Gasteiger partial charge in [0, 0.05) is 11.1 Å². The number of anilines is 1. The van der Waals surface area contributed by atoms with E-state index in [0.717, 1.165) is 11.3 Å². The molecule has 0 unspecified atom stereocenters. The number of pyridine rings is 1. The molecule has 0 radical (unpaired) electrons. The Hall–Kier alpha value is -3.79. The van der Waals surface area contributed by atoms with E-state index >= 15 is 0 Å². The van der Waals surface area contributed by atoms with Gasteiger partial charge in [-0.3, -0.25) is 9.78 Å². The summed E-state index contributed by atoms with van der Waals surface area (Å²) in [5.41, 5.74) is 1.91. The van der Waals surface area contributed by atoms with Crippen LogP contribution in [0.3, 0.4) is 0 Å². The normalized spacial score (nSPS) is 10.5. The Balaban J connectivity index is 1.78. The van der Waals surface area contributed by atoms with Gasteiger partial charge in [-0.05, 0) is 31.5 Å². The van der Waals surface area contributed by atoms with Crippen molar-refractivity contribution in [2.24, 2.45) is 0 Å². The minimum absolute atomic E-state index is 0.0355. The number of carbonyl (C=O) groups is 4. The van der Waals surface area contributed by atoms with E-state index in [-0.39, 0.29) is 21.0 Å². The number of hydrogen-bond acceptors (Lipinski definition) is 9. The molecule has 0 bridgehead atoms. The molecular formula is C22H20N2O7S. The molecule has 3 aromatic rings. The van der Waals surface area contributed by atoms with Gasteiger partial charge >= 0.3 is 17.9 Å². The molecule has 1 amide bonds. The molecule has 2 heterocycles. The van der Waals surface area contributed by atoms with Gasteiger partial charge in [0.25, 0.3) is 5.91 Å². The third-order valence-corrected chi connectivity index (χ3v) is 5.75. The van der Waals surface area contributed by atoms with Crippen molar-refractivity contribution in [1.82, 2.24) is 4.98 Å². The van der Waals surface area contributed by atoms with Crippen LogP contribution in [0, 0.1) is 13.8 Å². The highest BCUT2D eigenvalue weighted by molar-refractivity contribution is 7.18. The molecule has 1 aromatic carbocycles. The lowest BCUT2D eigenvalue weighted by Gasteiger charge is -2.09. The molecular weight excluding hydrogens is 436 g/mol. The number of nitrogens with zero attached hydrogens (tertiary/aromatic N) is 1. The zero-order valence-electron chi connectivity index (χ0n) is 17.8. The second-order valence-corrected chi connectivity index (χ2v) is 7.72. The lowest BCUT2D eigenvalue weighted by Crippen LogP contribution is -2.22. The van der Waals surface area contributed by atoms with Crippen molar-refractivity contribution in [3.8, 4) is 0 Å². The Kier molecular flexibility index (Phi) is 6.84. The topological polar surface area (TPSA) is 121 Å². The van der Waals surface area contributed by atoms with Crippen LogP contribution in [0.5, 0.6) is 0 Å². The molecule has 0 saturated carbocycles. The van der Waals surface area contributed by atoms with Crippen LogP contribution in [0.15, 0.2) is 30.3 Å². The fourth-order valence-electron chi connectivity index (χ4n) is 3.09. The first-order valence-electron chi connectivity index (χ1n) is 9.40. The van der Waals surface area contributed by atoms with Gasteiger partial charge in [-0.2, -0.15) is 0 Å². The highest BCUT2D eigenvalue weighted by Crippen LogP contribution is 2.34. The predicted octanol–water partition coefficient (Wildman–Crippen LogP) is 3.28. The van der Waals surface area contributed by atoms with Gasteiger partial charge in [-0.25, -0.2) is 14.4 Å². The van der Waals surface area contributed by atoms with Gasteiger partial charge in [0.15, 0.2) is 6.61 Å². The summed E-state index contributed by atoms with van der Waals surface area (Å²) in [6, 6.07) is 8.68. The van der Waals surface area contributed by atoms with Gasteiger partial charge in [-0.15, -0.1) is 11.3 Å². The van der Waals surface area contributed by atoms with E-state index in [9.17, 15) is 19.2 Å². The van der Waals surface area contributed by atoms with Crippen LogP contribution in [0.4, 0.5) is 5.00 Å². The molecule has 0 atom stereocenters. The number of carbonyl (C=O) groups excluding carboxylic acids is 4. The monoisotopic (exact) mass is 456 g/mol. The quantitative estimate of drug-likeness (QED) is 0.443. The Morgan fingerprint density at radius 1 is 1.00 bits per heavy atom. The zero-order valence-corrected chi connectivity index (χ0v) is 18.6. The second-order valence-electron chi connectivity index (χ2n) is 6.70. The molecule has 9 nitrogen and oxygen atoms in total. The average molecular weight is 456 g/mol. The van der Waals surface area contributed by atoms with Crippen LogP contribution in [0.1, 0.15) is 41.6 Å². The predicted molar refractivity (Wildman–Crippen MR) is 117 cm³/mol. The third kappa shape index (κ3) is 4.59. The summed E-state index contributed by atoms with van der Waals surface area (Å²) in [4.78, 5) is 53.7. The summed E-state index contributed by atoms with van der Waals surface area (Å²) in [7, 11) is 2.40. The number of benzene rings is 1. The Morgan fingerprint density at radius 3 is 2.38 bits per heavy atom. The minimum atomic E-state index is -0.722. The van der Waals surface area contributed by atoms with E-state index in [0.29, 0.717) is 22.2 Å². The van der Waals surface area contributed by atoms with Crippen LogP contribution in [-0.4, -0.2) is 49.6 Å². The van der Waals surface area contributed by atoms with E-state index in [1.165, 1.54) is 14.2 Å². The minimum Gasteiger partial charge on any atom is -0.465 e. The van der Waals surface area contributed by atoms with Gasteiger partial charge in [0.05, 0.1) is 30.9 Å². The largest absolute Gasteiger partial charge is 0.465 e. The van der Waals surface area contributed by atoms with E-state index in [4.69, 9.17) is 14.2 Å². The van der Waals surface area contributed by atoms with Crippen LogP contribution < -0.4 is 5.32 Å². The standard InChI is InChI=1S/C22H20N2O7S/c1-11-9-14(13-7-5-6-8-15(13)23-11)20(26)31-10-16(25)24-19-17(21(27)29-3)12(2)18(32-19)22(28)30-4/h5-9H,10H2,1-4H3,(H,24,25). The average Bonchev–Trinajstić information content (AvgIpc) is 3.11. The first-order chi connectivity index (χ1) is 15.3. The smallest absolute Gasteiger partial charge is 0.348 e. The zero-order chi connectivity index (χ0) is 23.4. The maximum absolute atomic E-state index is 12.6. The lowest BCUT2D eigenvalue weighted by molar-refractivity contribution is -0.119. The maximum Gasteiger partial charge on any atom is 0.348 e. The van der Waals surface area contributed by atoms with E-state index < -0.39 is 30.4 Å². The number of ether oxygens (including phenoxy) is 3. The highest BCUT2D eigenvalue weighted by Gasteiger charge is 2.27. The molecule has 166 valence electrons. The van der Waals surface area contributed by atoms with Crippen molar-refractivity contribution in [3.05, 3.63) is 57.6 Å². The molecule has 0 spiro atoms.